The van der Waals surface area contributed by atoms with E-state index in [1.807, 2.05) is 0 Å². The number of halogens is 40. The van der Waals surface area contributed by atoms with E-state index < -0.39 is 192 Å². The Kier molecular flexibility index (Phi) is 17.9. The summed E-state index contributed by atoms with van der Waals surface area (Å²) in [6, 6.07) is -6.53. The predicted molar refractivity (Wildman–Crippen MR) is 161 cm³/mol. The zero-order chi connectivity index (χ0) is 62.7. The van der Waals surface area contributed by atoms with Gasteiger partial charge in [-0.05, 0) is 25.2 Å². The number of rotatable bonds is 24. The van der Waals surface area contributed by atoms with Crippen molar-refractivity contribution in [2.45, 2.75) is 158 Å². The van der Waals surface area contributed by atoms with Crippen LogP contribution in [-0.4, -0.2) is 177 Å². The molecule has 1 aliphatic carbocycles. The second kappa shape index (κ2) is 19.5. The minimum absolute atomic E-state index is 0.312. The fourth-order valence-corrected chi connectivity index (χ4v) is 6.42. The van der Waals surface area contributed by atoms with E-state index in [0.717, 1.165) is 0 Å². The summed E-state index contributed by atoms with van der Waals surface area (Å²) in [6.07, 6.45) is -25.2. The zero-order valence-electron chi connectivity index (χ0n) is 35.1. The number of amides is 2. The average Bonchev–Trinajstić information content (AvgIpc) is 3.23. The van der Waals surface area contributed by atoms with Gasteiger partial charge in [-0.1, -0.05) is 6.92 Å². The van der Waals surface area contributed by atoms with E-state index in [0.29, 0.717) is 6.92 Å². The molecule has 46 heteroatoms. The summed E-state index contributed by atoms with van der Waals surface area (Å²) in [4.78, 5) is 20.3. The topological polar surface area (TPSA) is 81.1 Å². The Balaban J connectivity index is 3.90. The molecule has 0 aromatic carbocycles. The van der Waals surface area contributed by atoms with Gasteiger partial charge in [0.05, 0.1) is 13.1 Å². The van der Waals surface area contributed by atoms with Crippen LogP contribution in [0.4, 0.5) is 185 Å². The molecule has 6 nitrogen and oxygen atoms in total. The van der Waals surface area contributed by atoms with Crippen molar-refractivity contribution in [1.29, 1.82) is 0 Å². The molecule has 0 heterocycles. The molecule has 3 unspecified atom stereocenters. The lowest BCUT2D eigenvalue weighted by Crippen LogP contribution is -2.77. The highest BCUT2D eigenvalue weighted by Gasteiger charge is 2.99. The van der Waals surface area contributed by atoms with Crippen LogP contribution in [0.1, 0.15) is 26.2 Å². The van der Waals surface area contributed by atoms with E-state index in [2.05, 4.69) is 0 Å². The second-order valence-electron chi connectivity index (χ2n) is 16.1. The van der Waals surface area contributed by atoms with Gasteiger partial charge in [0.25, 0.3) is 0 Å². The number of hydrogen-bond donors (Lipinski definition) is 2. The van der Waals surface area contributed by atoms with Gasteiger partial charge in [0.15, 0.2) is 0 Å². The Bertz CT molecular complexity index is 2120. The van der Waals surface area contributed by atoms with Crippen molar-refractivity contribution in [2.75, 3.05) is 13.1 Å². The van der Waals surface area contributed by atoms with E-state index in [4.69, 9.17) is 0 Å². The van der Waals surface area contributed by atoms with Gasteiger partial charge in [-0.25, -0.2) is 27.2 Å². The Morgan fingerprint density at radius 3 is 0.792 bits per heavy atom. The monoisotopic (exact) mass is 1240 g/mol. The van der Waals surface area contributed by atoms with Crippen LogP contribution in [-0.2, 0) is 0 Å². The van der Waals surface area contributed by atoms with E-state index in [-0.39, 0.29) is 0 Å². The third kappa shape index (κ3) is 9.59. The van der Waals surface area contributed by atoms with Crippen LogP contribution in [0.3, 0.4) is 0 Å². The van der Waals surface area contributed by atoms with E-state index in [1.54, 1.807) is 0 Å². The highest BCUT2D eigenvalue weighted by Crippen LogP contribution is 2.68. The molecule has 1 rings (SSSR count). The summed E-state index contributed by atoms with van der Waals surface area (Å²) < 4.78 is 557. The van der Waals surface area contributed by atoms with E-state index >= 15 is 0 Å². The summed E-state index contributed by atoms with van der Waals surface area (Å²) >= 11 is 0. The molecule has 1 saturated carbocycles. The first kappa shape index (κ1) is 70.8. The highest BCUT2D eigenvalue weighted by molar-refractivity contribution is 5.67. The Morgan fingerprint density at radius 2 is 0.571 bits per heavy atom. The predicted octanol–water partition coefficient (Wildman–Crippen LogP) is 14.5. The van der Waals surface area contributed by atoms with Crippen molar-refractivity contribution in [2.24, 2.45) is 5.92 Å². The lowest BCUT2D eigenvalue weighted by molar-refractivity contribution is -0.465. The van der Waals surface area contributed by atoms with E-state index in [1.165, 1.54) is 0 Å². The smallest absolute Gasteiger partial charge is 0.407 e. The lowest BCUT2D eigenvalue weighted by atomic mass is 9.80. The van der Waals surface area contributed by atoms with Crippen LogP contribution in [0.25, 0.3) is 0 Å². The molecule has 1 aliphatic rings. The van der Waals surface area contributed by atoms with Crippen molar-refractivity contribution >= 4 is 12.2 Å². The standard InChI is InChI=1S/C31H20F40N2O4/c1-7-2-3-8(72(12(74)75)5-14(36,37)18(44,45)22(52,53)26(60,61)30(68,69)28(64,65)24(56,57)20(48,49)16(40,41)10(32)33)4-9(7)73(13(76)77)6-15(38,39)19(46,47)23(54,55)27(62,63)31(70,71)29(66,67)25(58,59)21(50,51)17(42,43)11(34)35/h7-11H,2-6H2,1H3,(H,74,75)(H,76,77). The molecule has 1 fully saturated rings. The largest absolute Gasteiger partial charge is 0.465 e. The van der Waals surface area contributed by atoms with Gasteiger partial charge in [-0.3, -0.25) is 9.80 Å². The van der Waals surface area contributed by atoms with Crippen molar-refractivity contribution in [3.05, 3.63) is 0 Å². The van der Waals surface area contributed by atoms with Crippen LogP contribution in [0.15, 0.2) is 0 Å². The number of carbonyl (C=O) groups is 2. The zero-order valence-corrected chi connectivity index (χ0v) is 35.1. The third-order valence-corrected chi connectivity index (χ3v) is 11.2. The molecule has 2 amide bonds. The summed E-state index contributed by atoms with van der Waals surface area (Å²) in [5, 5.41) is 18.7. The van der Waals surface area contributed by atoms with Crippen LogP contribution in [0, 0.1) is 5.92 Å². The van der Waals surface area contributed by atoms with Gasteiger partial charge in [0, 0.05) is 12.1 Å². The summed E-state index contributed by atoms with van der Waals surface area (Å²) in [6.45, 7) is -8.06. The third-order valence-electron chi connectivity index (χ3n) is 11.2. The lowest BCUT2D eigenvalue weighted by Gasteiger charge is -2.47. The minimum atomic E-state index is -9.60. The fourth-order valence-electron chi connectivity index (χ4n) is 6.42. The maximum Gasteiger partial charge on any atom is 0.407 e. The summed E-state index contributed by atoms with van der Waals surface area (Å²) in [7, 11) is 0. The SMILES string of the molecule is CC1CCC(N(CC(F)(F)C(F)(F)C(F)(F)C(F)(F)C(F)(F)C(F)(F)C(F)(F)C(F)(F)C(F)(F)C(F)F)C(=O)O)CC1N(CC(F)(F)C(F)(F)C(F)(F)C(F)(F)C(F)(F)C(F)(F)C(F)(F)C(F)(F)C(F)(F)C(F)F)C(=O)O. The second-order valence-corrected chi connectivity index (χ2v) is 16.1. The van der Waals surface area contributed by atoms with Gasteiger partial charge < -0.3 is 10.2 Å². The maximum absolute atomic E-state index is 15.0. The normalized spacial score (nSPS) is 20.0. The van der Waals surface area contributed by atoms with Gasteiger partial charge in [0.1, 0.15) is 0 Å². The van der Waals surface area contributed by atoms with Gasteiger partial charge in [0.2, 0.25) is 0 Å². The van der Waals surface area contributed by atoms with Crippen LogP contribution in [0.5, 0.6) is 0 Å². The van der Waals surface area contributed by atoms with Crippen LogP contribution < -0.4 is 0 Å². The molecule has 3 atom stereocenters. The minimum Gasteiger partial charge on any atom is -0.465 e. The van der Waals surface area contributed by atoms with Crippen molar-refractivity contribution in [3.8, 4) is 0 Å². The Labute approximate surface area is 395 Å². The van der Waals surface area contributed by atoms with Gasteiger partial charge >= 0.3 is 132 Å². The molecule has 0 spiro atoms. The van der Waals surface area contributed by atoms with Crippen molar-refractivity contribution < 1.29 is 195 Å². The maximum atomic E-state index is 15.0. The number of hydrogen-bond acceptors (Lipinski definition) is 2. The number of carboxylic acid groups (broad SMARTS) is 2. The Morgan fingerprint density at radius 1 is 0.364 bits per heavy atom. The van der Waals surface area contributed by atoms with E-state index in [9.17, 15) is 195 Å². The molecule has 0 aliphatic heterocycles. The van der Waals surface area contributed by atoms with Gasteiger partial charge in [-0.15, -0.1) is 0 Å². The molecule has 77 heavy (non-hydrogen) atoms. The first-order valence-corrected chi connectivity index (χ1v) is 18.5. The molecule has 0 saturated heterocycles. The first-order chi connectivity index (χ1) is 33.1. The quantitative estimate of drug-likeness (QED) is 0.0944. The first-order valence-electron chi connectivity index (χ1n) is 18.5. The molecule has 458 valence electrons. The molecule has 0 bridgehead atoms. The Hall–Kier alpha value is -4.26. The molecule has 2 N–H and O–H groups in total. The van der Waals surface area contributed by atoms with Crippen molar-refractivity contribution in [3.63, 3.8) is 0 Å². The molecule has 0 radical (unpaired) electrons. The van der Waals surface area contributed by atoms with Crippen LogP contribution >= 0.6 is 0 Å². The summed E-state index contributed by atoms with van der Waals surface area (Å²) in [5.74, 6) is -164. The molecule has 0 aromatic heterocycles. The van der Waals surface area contributed by atoms with Gasteiger partial charge in [-0.2, -0.15) is 158 Å². The number of nitrogens with zero attached hydrogens (tertiary/aromatic N) is 2. The van der Waals surface area contributed by atoms with Crippen LogP contribution in [0.2, 0.25) is 0 Å². The fraction of sp³-hybridized carbons (Fsp3) is 0.935. The average molecular weight is 1240 g/mol. The molecule has 0 aromatic rings. The number of alkyl halides is 40. The molecular formula is C31H20F40N2O4. The summed E-state index contributed by atoms with van der Waals surface area (Å²) in [5.41, 5.74) is 0. The highest BCUT2D eigenvalue weighted by atomic mass is 19.4. The van der Waals surface area contributed by atoms with Crippen molar-refractivity contribution in [1.82, 2.24) is 9.80 Å². The molecular weight excluding hydrogens is 1220 g/mol.